The lowest BCUT2D eigenvalue weighted by atomic mass is 9.98. The van der Waals surface area contributed by atoms with Gasteiger partial charge in [-0.15, -0.1) is 0 Å². The van der Waals surface area contributed by atoms with E-state index < -0.39 is 0 Å². The van der Waals surface area contributed by atoms with Crippen LogP contribution in [0, 0.1) is 11.6 Å². The lowest BCUT2D eigenvalue weighted by molar-refractivity contribution is -0.115. The fourth-order valence-electron chi connectivity index (χ4n) is 16.1. The number of nitrogens with one attached hydrogen (secondary N) is 6. The van der Waals surface area contributed by atoms with E-state index in [0.717, 1.165) is 176 Å². The van der Waals surface area contributed by atoms with Crippen molar-refractivity contribution in [2.45, 2.75) is 32.1 Å². The van der Waals surface area contributed by atoms with E-state index in [1.54, 1.807) is 86.1 Å². The van der Waals surface area contributed by atoms with Gasteiger partial charge in [-0.2, -0.15) is 0 Å². The lowest BCUT2D eigenvalue weighted by Gasteiger charge is -2.07. The first-order valence-corrected chi connectivity index (χ1v) is 46.2. The summed E-state index contributed by atoms with van der Waals surface area (Å²) in [5.74, 6) is 0.158. The van der Waals surface area contributed by atoms with Gasteiger partial charge >= 0.3 is 14.6 Å². The quantitative estimate of drug-likeness (QED) is 0.0782. The Morgan fingerprint density at radius 3 is 1.17 bits per heavy atom. The number of aromatic nitrogens is 11. The average Bonchev–Trinajstić information content (AvgIpc) is 1.73. The van der Waals surface area contributed by atoms with Crippen molar-refractivity contribution in [3.05, 3.63) is 403 Å². The molecule has 5 aliphatic rings. The number of H-pyrrole nitrogens is 1. The molecule has 0 spiro atoms. The van der Waals surface area contributed by atoms with Gasteiger partial charge in [0.2, 0.25) is 29.5 Å². The van der Waals surface area contributed by atoms with E-state index in [4.69, 9.17) is 16.3 Å². The third kappa shape index (κ3) is 21.9. The first kappa shape index (κ1) is 92.3. The number of pyridine rings is 8. The molecule has 0 bridgehead atoms. The van der Waals surface area contributed by atoms with E-state index >= 15 is 0 Å². The summed E-state index contributed by atoms with van der Waals surface area (Å²) in [5.41, 5.74) is 27.9. The number of aromatic amines is 1. The Morgan fingerprint density at radius 1 is 0.324 bits per heavy atom. The molecule has 0 atom stereocenters. The van der Waals surface area contributed by atoms with Gasteiger partial charge in [-0.05, 0) is 223 Å². The number of ether oxygens (including phenoxy) is 1. The van der Waals surface area contributed by atoms with E-state index in [2.05, 4.69) is 89.6 Å². The number of rotatable bonds is 9. The van der Waals surface area contributed by atoms with Crippen LogP contribution in [-0.4, -0.2) is 90.6 Å². The molecular formula is C108H79ClF2N16O9S3. The second-order valence-corrected chi connectivity index (χ2v) is 35.7. The van der Waals surface area contributed by atoms with E-state index in [1.165, 1.54) is 63.9 Å². The van der Waals surface area contributed by atoms with Crippen molar-refractivity contribution >= 4 is 145 Å². The monoisotopic (exact) mass is 1910 g/mol. The van der Waals surface area contributed by atoms with E-state index in [1.807, 2.05) is 231 Å². The van der Waals surface area contributed by atoms with Gasteiger partial charge in [0.15, 0.2) is 0 Å². The number of fused-ring (bicyclic) bond motifs is 9. The topological polar surface area (TPSA) is 335 Å². The number of carbonyl (C=O) groups is 5. The number of amides is 5. The van der Waals surface area contributed by atoms with Gasteiger partial charge in [0.05, 0.1) is 99.2 Å². The molecule has 0 saturated heterocycles. The summed E-state index contributed by atoms with van der Waals surface area (Å²) in [4.78, 5) is 126. The van der Waals surface area contributed by atoms with Gasteiger partial charge in [0, 0.05) is 162 Å². The standard InChI is InChI=1S/C17H12N2O.C14H12N2O2.C13H9ClN2O.C13H9FN2OS.C13H9FN2O.C13H10N2OS.C13H10N2O.C12H8N2OS/c20-17-8-13-7-11(5-6-16(13)19-17)15-10-18-9-12-3-1-2-4-14(12)15;1-18-12-5-11(7-15-8-12)9-2-3-13-10(4-9)6-14(17)16-13;14-11-5-9(8-2-1-3-15-7-8)4-10-6-12(17)16-13(10)11;1-16-11-3-2-8(5-12(11)18-13(16)17)9-4-10(14)7-15-6-9;14-11-4-10(6-15-7-11)8-1-2-12-9(3-8)5-13(17)16-12;1-15-11-5-4-9(7-12(11)17-13(15)16)10-3-2-6-14-8-10;16-13-7-11-6-9(3-4-12(11)15-13)10-2-1-5-14-8-10;15-12-14-10-4-3-8(6-11(10)16-12)9-2-1-5-13-7-9/h1-7,9-10H,8H2,(H,19,20);2-5,7-8H,6H2,1H3,(H,16,17);1-5,7H,6H2,(H,16,17);2-7H,1H3;1-4,6-7H,5H2,(H,16,17);2-8H,1H3;1-6,8H,7H2,(H,15,16);1-7H,(H,14,15). The molecule has 684 valence electrons. The molecule has 5 aliphatic heterocycles. The molecule has 0 radical (unpaired) electrons. The van der Waals surface area contributed by atoms with Crippen LogP contribution in [-0.2, 0) is 70.2 Å². The van der Waals surface area contributed by atoms with E-state index in [9.17, 15) is 47.1 Å². The lowest BCUT2D eigenvalue weighted by Crippen LogP contribution is -2.06. The maximum atomic E-state index is 13.1. The van der Waals surface area contributed by atoms with Gasteiger partial charge in [0.1, 0.15) is 17.4 Å². The largest absolute Gasteiger partial charge is 0.495 e. The van der Waals surface area contributed by atoms with Gasteiger partial charge in [0.25, 0.3) is 0 Å². The minimum Gasteiger partial charge on any atom is -0.495 e. The fourth-order valence-corrected chi connectivity index (χ4v) is 19.0. The molecule has 25 rings (SSSR count). The highest BCUT2D eigenvalue weighted by Crippen LogP contribution is 2.39. The second kappa shape index (κ2) is 41.7. The molecule has 9 aromatic carbocycles. The maximum absolute atomic E-state index is 13.1. The van der Waals surface area contributed by atoms with Crippen LogP contribution in [0.1, 0.15) is 27.8 Å². The molecule has 0 unspecified atom stereocenters. The van der Waals surface area contributed by atoms with E-state index in [0.29, 0.717) is 48.3 Å². The Kier molecular flexibility index (Phi) is 27.7. The molecule has 0 aliphatic carbocycles. The summed E-state index contributed by atoms with van der Waals surface area (Å²) < 4.78 is 37.5. The number of thiazole rings is 3. The summed E-state index contributed by atoms with van der Waals surface area (Å²) >= 11 is 9.84. The zero-order valence-corrected chi connectivity index (χ0v) is 77.4. The smallest absolute Gasteiger partial charge is 0.307 e. The summed E-state index contributed by atoms with van der Waals surface area (Å²) in [6.45, 7) is 0. The average molecular weight is 1910 g/mol. The Morgan fingerprint density at radius 2 is 0.698 bits per heavy atom. The first-order valence-electron chi connectivity index (χ1n) is 43.4. The summed E-state index contributed by atoms with van der Waals surface area (Å²) in [6, 6.07) is 73.6. The third-order valence-electron chi connectivity index (χ3n) is 23.0. The summed E-state index contributed by atoms with van der Waals surface area (Å²) in [7, 11) is 5.15. The number of hydrogen-bond acceptors (Lipinski definition) is 20. The second-order valence-electron chi connectivity index (χ2n) is 32.3. The number of benzene rings is 9. The Hall–Kier alpha value is -17.2. The summed E-state index contributed by atoms with van der Waals surface area (Å²) in [6.07, 6.45) is 29.1. The van der Waals surface area contributed by atoms with Crippen molar-refractivity contribution < 1.29 is 37.5 Å². The highest BCUT2D eigenvalue weighted by Gasteiger charge is 2.25. The Balaban J connectivity index is 0.000000105. The predicted molar refractivity (Wildman–Crippen MR) is 545 cm³/mol. The number of aryl methyl sites for hydroxylation is 2. The van der Waals surface area contributed by atoms with Crippen LogP contribution >= 0.6 is 45.6 Å². The van der Waals surface area contributed by atoms with Crippen molar-refractivity contribution in [3.63, 3.8) is 0 Å². The zero-order valence-electron chi connectivity index (χ0n) is 74.2. The zero-order chi connectivity index (χ0) is 96.2. The van der Waals surface area contributed by atoms with Crippen LogP contribution in [0.3, 0.4) is 0 Å². The number of nitrogens with zero attached hydrogens (tertiary/aromatic N) is 10. The Labute approximate surface area is 808 Å². The molecule has 31 heteroatoms. The molecule has 5 amide bonds. The number of anilines is 5. The molecule has 0 fully saturated rings. The maximum Gasteiger partial charge on any atom is 0.307 e. The predicted octanol–water partition coefficient (Wildman–Crippen LogP) is 21.3. The van der Waals surface area contributed by atoms with Crippen molar-refractivity contribution in [2.75, 3.05) is 33.7 Å². The number of carbonyl (C=O) groups excluding carboxylic acids is 5. The fraction of sp³-hybridized carbons (Fsp3) is 0.0741. The van der Waals surface area contributed by atoms with Crippen molar-refractivity contribution in [1.29, 1.82) is 0 Å². The molecule has 6 N–H and O–H groups in total. The number of methoxy groups -OCH3 is 1. The van der Waals surface area contributed by atoms with Crippen LogP contribution < -0.4 is 45.9 Å². The molecule has 139 heavy (non-hydrogen) atoms. The van der Waals surface area contributed by atoms with Crippen molar-refractivity contribution in [3.8, 4) is 94.8 Å². The first-order chi connectivity index (χ1) is 67.6. The van der Waals surface area contributed by atoms with Crippen LogP contribution in [0.5, 0.6) is 5.75 Å². The van der Waals surface area contributed by atoms with Gasteiger partial charge in [-0.1, -0.05) is 137 Å². The highest BCUT2D eigenvalue weighted by atomic mass is 35.5. The highest BCUT2D eigenvalue weighted by molar-refractivity contribution is 7.17. The van der Waals surface area contributed by atoms with E-state index in [-0.39, 0.29) is 55.8 Å². The van der Waals surface area contributed by atoms with Crippen LogP contribution in [0.25, 0.3) is 130 Å². The molecule has 16 heterocycles. The van der Waals surface area contributed by atoms with Crippen molar-refractivity contribution in [1.82, 2.24) is 54.0 Å². The molecule has 0 saturated carbocycles. The molecule has 11 aromatic heterocycles. The van der Waals surface area contributed by atoms with Crippen molar-refractivity contribution in [2.24, 2.45) is 14.1 Å². The molecule has 25 nitrogen and oxygen atoms in total. The van der Waals surface area contributed by atoms with Crippen LogP contribution in [0.15, 0.2) is 344 Å². The van der Waals surface area contributed by atoms with Crippen LogP contribution in [0.2, 0.25) is 5.02 Å². The number of hydrogen-bond donors (Lipinski definition) is 6. The third-order valence-corrected chi connectivity index (χ3v) is 26.2. The molecular weight excluding hydrogens is 1830 g/mol. The normalized spacial score (nSPS) is 12.4. The van der Waals surface area contributed by atoms with Gasteiger partial charge in [-0.25, -0.2) is 8.78 Å². The molecule has 20 aromatic rings. The summed E-state index contributed by atoms with van der Waals surface area (Å²) in [5, 5.41) is 16.9. The van der Waals surface area contributed by atoms with Gasteiger partial charge in [-0.3, -0.25) is 78.2 Å². The Bertz CT molecular complexity index is 8310. The number of halogens is 3. The van der Waals surface area contributed by atoms with Crippen LogP contribution in [0.4, 0.5) is 37.2 Å². The minimum absolute atomic E-state index is 0.000447. The van der Waals surface area contributed by atoms with Gasteiger partial charge < -0.3 is 45.4 Å². The SMILES string of the molecule is COc1cncc(-c2ccc3c(c2)CC(=O)N3)c1.Cn1c(=O)sc2cc(-c3cccnc3)ccc21.Cn1c(=O)sc2cc(-c3cncc(F)c3)ccc21.O=C1Cc2cc(-c3cccnc3)cc(Cl)c2N1.O=C1Cc2cc(-c3cccnc3)ccc2N1.O=C1Cc2cc(-c3cncc(F)c3)ccc2N1.O=C1Cc2cc(-c3cncc4ccccc34)ccc2N1.O=c1[nH]c2ccc(-c3cccnc3)cc2s1. The minimum atomic E-state index is -0.367.